The Morgan fingerprint density at radius 3 is 2.70 bits per heavy atom. The van der Waals surface area contributed by atoms with Crippen LogP contribution in [0.15, 0.2) is 24.4 Å². The van der Waals surface area contributed by atoms with Crippen LogP contribution in [0.4, 0.5) is 0 Å². The molecule has 20 heavy (non-hydrogen) atoms. The fraction of sp³-hybridized carbons (Fsp3) is 0.706. The quantitative estimate of drug-likeness (QED) is 0.831. The Bertz CT molecular complexity index is 360. The minimum Gasteiger partial charge on any atom is -0.329 e. The molecular formula is C17H29N3. The summed E-state index contributed by atoms with van der Waals surface area (Å²) < 4.78 is 0. The van der Waals surface area contributed by atoms with Crippen LogP contribution >= 0.6 is 0 Å². The first kappa shape index (κ1) is 15.5. The highest BCUT2D eigenvalue weighted by Gasteiger charge is 2.22. The predicted octanol–water partition coefficient (Wildman–Crippen LogP) is 3.20. The van der Waals surface area contributed by atoms with E-state index < -0.39 is 0 Å². The van der Waals surface area contributed by atoms with Crippen molar-refractivity contribution in [2.75, 3.05) is 13.1 Å². The van der Waals surface area contributed by atoms with Gasteiger partial charge in [-0.05, 0) is 31.0 Å². The lowest BCUT2D eigenvalue weighted by Gasteiger charge is -2.33. The van der Waals surface area contributed by atoms with E-state index in [0.29, 0.717) is 6.04 Å². The summed E-state index contributed by atoms with van der Waals surface area (Å²) in [5.74, 6) is 0.884. The molecule has 1 aromatic rings. The number of aromatic nitrogens is 1. The largest absolute Gasteiger partial charge is 0.329 e. The van der Waals surface area contributed by atoms with Gasteiger partial charge in [-0.2, -0.15) is 0 Å². The van der Waals surface area contributed by atoms with Crippen LogP contribution in [0.25, 0.3) is 0 Å². The van der Waals surface area contributed by atoms with E-state index in [2.05, 4.69) is 28.9 Å². The molecule has 0 spiro atoms. The van der Waals surface area contributed by atoms with Crippen molar-refractivity contribution in [2.45, 2.75) is 58.0 Å². The second kappa shape index (κ2) is 8.38. The van der Waals surface area contributed by atoms with Gasteiger partial charge in [-0.25, -0.2) is 0 Å². The normalized spacial score (nSPS) is 18.4. The van der Waals surface area contributed by atoms with Gasteiger partial charge in [-0.3, -0.25) is 9.88 Å². The van der Waals surface area contributed by atoms with Crippen molar-refractivity contribution < 1.29 is 0 Å². The molecule has 1 aromatic heterocycles. The number of nitrogens with zero attached hydrogens (tertiary/aromatic N) is 2. The van der Waals surface area contributed by atoms with Crippen molar-refractivity contribution in [3.63, 3.8) is 0 Å². The third-order valence-corrected chi connectivity index (χ3v) is 4.62. The van der Waals surface area contributed by atoms with E-state index in [9.17, 15) is 0 Å². The van der Waals surface area contributed by atoms with Crippen LogP contribution in [0.2, 0.25) is 0 Å². The van der Waals surface area contributed by atoms with Gasteiger partial charge in [-0.1, -0.05) is 45.1 Å². The summed E-state index contributed by atoms with van der Waals surface area (Å²) in [7, 11) is 0. The average molecular weight is 275 g/mol. The van der Waals surface area contributed by atoms with Crippen LogP contribution in [0.1, 0.15) is 51.1 Å². The zero-order chi connectivity index (χ0) is 14.2. The maximum Gasteiger partial charge on any atom is 0.0544 e. The third kappa shape index (κ3) is 4.57. The molecule has 1 aliphatic carbocycles. The van der Waals surface area contributed by atoms with Crippen LogP contribution in [-0.4, -0.2) is 29.0 Å². The van der Waals surface area contributed by atoms with Crippen molar-refractivity contribution in [1.82, 2.24) is 9.88 Å². The monoisotopic (exact) mass is 275 g/mol. The SMILES string of the molecule is CCN(Cc1ccccn1)C(CN)CC1CCCCC1. The molecule has 2 rings (SSSR count). The second-order valence-electron chi connectivity index (χ2n) is 6.01. The summed E-state index contributed by atoms with van der Waals surface area (Å²) in [6.45, 7) is 4.96. The van der Waals surface area contributed by atoms with Gasteiger partial charge < -0.3 is 5.73 Å². The van der Waals surface area contributed by atoms with E-state index in [0.717, 1.165) is 31.2 Å². The van der Waals surface area contributed by atoms with Gasteiger partial charge in [0.1, 0.15) is 0 Å². The molecule has 1 aliphatic rings. The van der Waals surface area contributed by atoms with Crippen molar-refractivity contribution in [3.05, 3.63) is 30.1 Å². The van der Waals surface area contributed by atoms with Crippen LogP contribution < -0.4 is 5.73 Å². The average Bonchev–Trinajstić information content (AvgIpc) is 2.52. The summed E-state index contributed by atoms with van der Waals surface area (Å²) in [5, 5.41) is 0. The zero-order valence-corrected chi connectivity index (χ0v) is 12.8. The van der Waals surface area contributed by atoms with Gasteiger partial charge >= 0.3 is 0 Å². The number of hydrogen-bond donors (Lipinski definition) is 1. The molecule has 1 fully saturated rings. The molecule has 0 saturated heterocycles. The summed E-state index contributed by atoms with van der Waals surface area (Å²) >= 11 is 0. The molecule has 0 bridgehead atoms. The Morgan fingerprint density at radius 2 is 2.10 bits per heavy atom. The Kier molecular flexibility index (Phi) is 6.48. The Labute approximate surface area is 123 Å². The van der Waals surface area contributed by atoms with Crippen molar-refractivity contribution in [2.24, 2.45) is 11.7 Å². The topological polar surface area (TPSA) is 42.2 Å². The summed E-state index contributed by atoms with van der Waals surface area (Å²) in [5.41, 5.74) is 7.21. The summed E-state index contributed by atoms with van der Waals surface area (Å²) in [4.78, 5) is 6.94. The predicted molar refractivity (Wildman–Crippen MR) is 84.4 cm³/mol. The van der Waals surface area contributed by atoms with E-state index in [1.807, 2.05) is 12.3 Å². The lowest BCUT2D eigenvalue weighted by molar-refractivity contribution is 0.158. The van der Waals surface area contributed by atoms with E-state index in [-0.39, 0.29) is 0 Å². The fourth-order valence-electron chi connectivity index (χ4n) is 3.40. The van der Waals surface area contributed by atoms with E-state index in [4.69, 9.17) is 5.73 Å². The van der Waals surface area contributed by atoms with Gasteiger partial charge in [0.15, 0.2) is 0 Å². The molecule has 2 N–H and O–H groups in total. The second-order valence-corrected chi connectivity index (χ2v) is 6.01. The summed E-state index contributed by atoms with van der Waals surface area (Å²) in [6.07, 6.45) is 10.2. The van der Waals surface area contributed by atoms with E-state index in [1.165, 1.54) is 38.5 Å². The molecule has 3 nitrogen and oxygen atoms in total. The highest BCUT2D eigenvalue weighted by atomic mass is 15.2. The van der Waals surface area contributed by atoms with E-state index >= 15 is 0 Å². The van der Waals surface area contributed by atoms with Crippen molar-refractivity contribution >= 4 is 0 Å². The Hall–Kier alpha value is -0.930. The molecule has 0 aromatic carbocycles. The minimum absolute atomic E-state index is 0.505. The van der Waals surface area contributed by atoms with Gasteiger partial charge in [0.05, 0.1) is 5.69 Å². The molecular weight excluding hydrogens is 246 g/mol. The van der Waals surface area contributed by atoms with Gasteiger partial charge in [0.25, 0.3) is 0 Å². The first-order valence-corrected chi connectivity index (χ1v) is 8.17. The molecule has 112 valence electrons. The maximum atomic E-state index is 6.06. The number of hydrogen-bond acceptors (Lipinski definition) is 3. The molecule has 0 aliphatic heterocycles. The lowest BCUT2D eigenvalue weighted by atomic mass is 9.84. The van der Waals surface area contributed by atoms with Crippen LogP contribution in [0.5, 0.6) is 0 Å². The van der Waals surface area contributed by atoms with Gasteiger partial charge in [0, 0.05) is 25.3 Å². The maximum absolute atomic E-state index is 6.06. The van der Waals surface area contributed by atoms with E-state index in [1.54, 1.807) is 0 Å². The Morgan fingerprint density at radius 1 is 1.30 bits per heavy atom. The minimum atomic E-state index is 0.505. The molecule has 1 saturated carbocycles. The smallest absolute Gasteiger partial charge is 0.0544 e. The number of nitrogens with two attached hydrogens (primary N) is 1. The summed E-state index contributed by atoms with van der Waals surface area (Å²) in [6, 6.07) is 6.65. The number of likely N-dealkylation sites (N-methyl/N-ethyl adjacent to an activating group) is 1. The third-order valence-electron chi connectivity index (χ3n) is 4.62. The highest BCUT2D eigenvalue weighted by Crippen LogP contribution is 2.28. The standard InChI is InChI=1S/C17H29N3/c1-2-20(14-16-10-6-7-11-19-16)17(13-18)12-15-8-4-3-5-9-15/h6-7,10-11,15,17H,2-5,8-9,12-14,18H2,1H3. The first-order valence-electron chi connectivity index (χ1n) is 8.17. The van der Waals surface area contributed by atoms with Crippen LogP contribution in [0, 0.1) is 5.92 Å². The molecule has 1 heterocycles. The number of rotatable bonds is 7. The molecule has 0 amide bonds. The van der Waals surface area contributed by atoms with Gasteiger partial charge in [-0.15, -0.1) is 0 Å². The van der Waals surface area contributed by atoms with Gasteiger partial charge in [0.2, 0.25) is 0 Å². The molecule has 1 atom stereocenters. The van der Waals surface area contributed by atoms with Crippen LogP contribution in [0.3, 0.4) is 0 Å². The zero-order valence-electron chi connectivity index (χ0n) is 12.8. The fourth-order valence-corrected chi connectivity index (χ4v) is 3.40. The number of pyridine rings is 1. The molecule has 1 unspecified atom stereocenters. The molecule has 3 heteroatoms. The Balaban J connectivity index is 1.92. The first-order chi connectivity index (χ1) is 9.83. The van der Waals surface area contributed by atoms with Crippen molar-refractivity contribution in [3.8, 4) is 0 Å². The molecule has 0 radical (unpaired) electrons. The van der Waals surface area contributed by atoms with Crippen LogP contribution in [-0.2, 0) is 6.54 Å². The highest BCUT2D eigenvalue weighted by molar-refractivity contribution is 5.03. The lowest BCUT2D eigenvalue weighted by Crippen LogP contribution is -2.41. The van der Waals surface area contributed by atoms with Crippen molar-refractivity contribution in [1.29, 1.82) is 0 Å².